The average Bonchev–Trinajstić information content (AvgIpc) is 2.92. The number of amides is 1. The first-order valence-electron chi connectivity index (χ1n) is 13.0. The van der Waals surface area contributed by atoms with Gasteiger partial charge in [-0.15, -0.1) is 0 Å². The number of hydrogen-bond donors (Lipinski definition) is 2. The minimum absolute atomic E-state index is 0.0722. The summed E-state index contributed by atoms with van der Waals surface area (Å²) in [7, 11) is -2.22. The van der Waals surface area contributed by atoms with Gasteiger partial charge in [-0.1, -0.05) is 42.3 Å². The van der Waals surface area contributed by atoms with E-state index in [9.17, 15) is 22.7 Å². The van der Waals surface area contributed by atoms with E-state index in [0.717, 1.165) is 29.8 Å². The Hall–Kier alpha value is -2.89. The highest BCUT2D eigenvalue weighted by molar-refractivity contribution is 7.92. The van der Waals surface area contributed by atoms with Gasteiger partial charge in [-0.2, -0.15) is 0 Å². The minimum atomic E-state index is -4.13. The molecule has 0 bridgehead atoms. The van der Waals surface area contributed by atoms with Crippen LogP contribution in [-0.4, -0.2) is 68.1 Å². The standard InChI is InChI=1S/C29H32Cl2FN3O5S/c1-18-14-35(19(2)17-36)29(37)23-5-4-6-26(33-41(38,39)22-10-8-21(32)9-11-22)28(23)40-27(18)16-34(3)15-20-7-12-24(30)25(31)13-20/h4-13,18-19,27,33,36H,14-17H2,1-3H3/t18-,19-,27+/m0/s1. The topological polar surface area (TPSA) is 99.2 Å². The van der Waals surface area contributed by atoms with Crippen LogP contribution in [0.15, 0.2) is 65.6 Å². The van der Waals surface area contributed by atoms with E-state index in [1.807, 2.05) is 24.9 Å². The summed E-state index contributed by atoms with van der Waals surface area (Å²) in [5.41, 5.74) is 1.18. The SMILES string of the molecule is C[C@H]1CN([C@@H](C)CO)C(=O)c2cccc(NS(=O)(=O)c3ccc(F)cc3)c2O[C@@H]1CN(C)Cc1ccc(Cl)c(Cl)c1. The number of rotatable bonds is 9. The minimum Gasteiger partial charge on any atom is -0.486 e. The molecule has 3 atom stereocenters. The first-order valence-corrected chi connectivity index (χ1v) is 15.3. The molecule has 1 amide bonds. The van der Waals surface area contributed by atoms with Crippen molar-refractivity contribution in [3.8, 4) is 5.75 Å². The van der Waals surface area contributed by atoms with Crippen LogP contribution in [0.3, 0.4) is 0 Å². The normalized spacial score (nSPS) is 18.3. The van der Waals surface area contributed by atoms with Crippen molar-refractivity contribution < 1.29 is 27.4 Å². The fourth-order valence-corrected chi connectivity index (χ4v) is 6.06. The number of para-hydroxylation sites is 1. The second kappa shape index (κ2) is 13.0. The quantitative estimate of drug-likeness (QED) is 0.336. The fraction of sp³-hybridized carbons (Fsp3) is 0.345. The van der Waals surface area contributed by atoms with Crippen LogP contribution in [0, 0.1) is 11.7 Å². The van der Waals surface area contributed by atoms with Crippen molar-refractivity contribution in [2.75, 3.05) is 31.5 Å². The van der Waals surface area contributed by atoms with Gasteiger partial charge in [-0.05, 0) is 68.1 Å². The molecule has 0 aromatic heterocycles. The van der Waals surface area contributed by atoms with E-state index in [2.05, 4.69) is 4.72 Å². The van der Waals surface area contributed by atoms with Crippen LogP contribution in [0.2, 0.25) is 10.0 Å². The van der Waals surface area contributed by atoms with Crippen LogP contribution >= 0.6 is 23.2 Å². The van der Waals surface area contributed by atoms with Crippen LogP contribution in [0.25, 0.3) is 0 Å². The number of aliphatic hydroxyl groups is 1. The van der Waals surface area contributed by atoms with E-state index in [1.165, 1.54) is 6.07 Å². The lowest BCUT2D eigenvalue weighted by atomic mass is 9.99. The van der Waals surface area contributed by atoms with E-state index in [4.69, 9.17) is 27.9 Å². The number of likely N-dealkylation sites (N-methyl/N-ethyl adjacent to an activating group) is 1. The van der Waals surface area contributed by atoms with Gasteiger partial charge >= 0.3 is 0 Å². The summed E-state index contributed by atoms with van der Waals surface area (Å²) in [6.07, 6.45) is -0.473. The summed E-state index contributed by atoms with van der Waals surface area (Å²) in [4.78, 5) is 17.1. The Kier molecular flexibility index (Phi) is 9.81. The Labute approximate surface area is 249 Å². The van der Waals surface area contributed by atoms with Crippen molar-refractivity contribution in [1.82, 2.24) is 9.80 Å². The van der Waals surface area contributed by atoms with Crippen molar-refractivity contribution in [2.45, 2.75) is 37.4 Å². The zero-order valence-electron chi connectivity index (χ0n) is 22.9. The summed E-state index contributed by atoms with van der Waals surface area (Å²) >= 11 is 12.3. The number of carbonyl (C=O) groups is 1. The van der Waals surface area contributed by atoms with E-state index >= 15 is 0 Å². The third-order valence-corrected chi connectivity index (χ3v) is 9.11. The van der Waals surface area contributed by atoms with Gasteiger partial charge in [0.15, 0.2) is 5.75 Å². The molecular formula is C29H32Cl2FN3O5S. The van der Waals surface area contributed by atoms with E-state index < -0.39 is 28.0 Å². The van der Waals surface area contributed by atoms with Gasteiger partial charge in [0.05, 0.1) is 38.8 Å². The molecule has 220 valence electrons. The van der Waals surface area contributed by atoms with Gasteiger partial charge in [0.1, 0.15) is 11.9 Å². The second-order valence-corrected chi connectivity index (χ2v) is 12.8. The first-order chi connectivity index (χ1) is 19.4. The number of nitrogens with one attached hydrogen (secondary N) is 1. The van der Waals surface area contributed by atoms with Crippen LogP contribution < -0.4 is 9.46 Å². The number of hydrogen-bond acceptors (Lipinski definition) is 6. The molecule has 0 unspecified atom stereocenters. The molecule has 1 aliphatic rings. The Morgan fingerprint density at radius 2 is 1.85 bits per heavy atom. The van der Waals surface area contributed by atoms with Gasteiger partial charge in [0.25, 0.3) is 15.9 Å². The number of sulfonamides is 1. The van der Waals surface area contributed by atoms with Crippen molar-refractivity contribution in [2.24, 2.45) is 5.92 Å². The summed E-state index contributed by atoms with van der Waals surface area (Å²) in [5, 5.41) is 10.8. The molecule has 12 heteroatoms. The van der Waals surface area contributed by atoms with Crippen LogP contribution in [0.5, 0.6) is 5.75 Å². The van der Waals surface area contributed by atoms with Crippen LogP contribution in [0.1, 0.15) is 29.8 Å². The number of anilines is 1. The molecule has 4 rings (SSSR count). The number of fused-ring (bicyclic) bond motifs is 1. The summed E-state index contributed by atoms with van der Waals surface area (Å²) in [6, 6.07) is 14.0. The van der Waals surface area contributed by atoms with Crippen LogP contribution in [0.4, 0.5) is 10.1 Å². The zero-order chi connectivity index (χ0) is 29.9. The third kappa shape index (κ3) is 7.31. The molecule has 41 heavy (non-hydrogen) atoms. The predicted octanol–water partition coefficient (Wildman–Crippen LogP) is 5.29. The number of aliphatic hydroxyl groups excluding tert-OH is 1. The molecule has 0 saturated heterocycles. The zero-order valence-corrected chi connectivity index (χ0v) is 25.2. The molecule has 1 aliphatic heterocycles. The van der Waals surface area contributed by atoms with E-state index in [1.54, 1.807) is 36.1 Å². The van der Waals surface area contributed by atoms with Crippen molar-refractivity contribution in [3.63, 3.8) is 0 Å². The van der Waals surface area contributed by atoms with Crippen molar-refractivity contribution in [1.29, 1.82) is 0 Å². The lowest BCUT2D eigenvalue weighted by Crippen LogP contribution is -2.49. The lowest BCUT2D eigenvalue weighted by molar-refractivity contribution is 0.0344. The van der Waals surface area contributed by atoms with Crippen LogP contribution in [-0.2, 0) is 16.6 Å². The van der Waals surface area contributed by atoms with E-state index in [0.29, 0.717) is 29.7 Å². The van der Waals surface area contributed by atoms with E-state index in [-0.39, 0.29) is 40.3 Å². The maximum absolute atomic E-state index is 13.7. The number of carbonyl (C=O) groups excluding carboxylic acids is 1. The fourth-order valence-electron chi connectivity index (χ4n) is 4.68. The smallest absolute Gasteiger partial charge is 0.262 e. The first kappa shape index (κ1) is 31.1. The number of ether oxygens (including phenoxy) is 1. The lowest BCUT2D eigenvalue weighted by Gasteiger charge is -2.38. The molecule has 0 radical (unpaired) electrons. The highest BCUT2D eigenvalue weighted by atomic mass is 35.5. The Balaban J connectivity index is 1.70. The molecule has 0 saturated carbocycles. The molecular weight excluding hydrogens is 592 g/mol. The van der Waals surface area contributed by atoms with Crippen molar-refractivity contribution in [3.05, 3.63) is 87.7 Å². The Morgan fingerprint density at radius 1 is 1.15 bits per heavy atom. The highest BCUT2D eigenvalue weighted by Gasteiger charge is 2.35. The molecule has 3 aromatic rings. The summed E-state index contributed by atoms with van der Waals surface area (Å²) in [5.74, 6) is -1.07. The Morgan fingerprint density at radius 3 is 2.51 bits per heavy atom. The second-order valence-electron chi connectivity index (χ2n) is 10.3. The molecule has 3 aromatic carbocycles. The summed E-state index contributed by atoms with van der Waals surface area (Å²) < 4.78 is 48.8. The predicted molar refractivity (Wildman–Crippen MR) is 158 cm³/mol. The van der Waals surface area contributed by atoms with Gasteiger partial charge < -0.3 is 14.7 Å². The van der Waals surface area contributed by atoms with Gasteiger partial charge in [-0.3, -0.25) is 14.4 Å². The number of nitrogens with zero attached hydrogens (tertiary/aromatic N) is 2. The molecule has 2 N–H and O–H groups in total. The Bertz CT molecular complexity index is 1510. The number of benzene rings is 3. The summed E-state index contributed by atoms with van der Waals surface area (Å²) in [6.45, 7) is 4.72. The maximum Gasteiger partial charge on any atom is 0.262 e. The molecule has 0 spiro atoms. The van der Waals surface area contributed by atoms with Crippen molar-refractivity contribution >= 4 is 44.8 Å². The average molecular weight is 625 g/mol. The number of halogens is 3. The molecule has 8 nitrogen and oxygen atoms in total. The largest absolute Gasteiger partial charge is 0.486 e. The highest BCUT2D eigenvalue weighted by Crippen LogP contribution is 2.36. The molecule has 0 fully saturated rings. The maximum atomic E-state index is 13.7. The van der Waals surface area contributed by atoms with Gasteiger partial charge in [0.2, 0.25) is 0 Å². The molecule has 0 aliphatic carbocycles. The molecule has 1 heterocycles. The van der Waals surface area contributed by atoms with Gasteiger partial charge in [0, 0.05) is 25.6 Å². The van der Waals surface area contributed by atoms with Gasteiger partial charge in [-0.25, -0.2) is 12.8 Å². The third-order valence-electron chi connectivity index (χ3n) is 6.99. The monoisotopic (exact) mass is 623 g/mol.